The van der Waals surface area contributed by atoms with Crippen molar-refractivity contribution in [3.8, 4) is 10.6 Å². The van der Waals surface area contributed by atoms with Crippen molar-refractivity contribution in [2.45, 2.75) is 125 Å². The van der Waals surface area contributed by atoms with E-state index in [4.69, 9.17) is 14.6 Å². The van der Waals surface area contributed by atoms with Crippen LogP contribution in [0.5, 0.6) is 0 Å². The van der Waals surface area contributed by atoms with Crippen molar-refractivity contribution in [3.05, 3.63) is 41.4 Å². The Morgan fingerprint density at radius 2 is 1.87 bits per heavy atom. The first-order valence-electron chi connectivity index (χ1n) is 20.3. The molecular formula is C44H67N3O4S. The molecule has 0 aromatic carbocycles. The van der Waals surface area contributed by atoms with Crippen LogP contribution in [0.4, 0.5) is 0 Å². The van der Waals surface area contributed by atoms with Gasteiger partial charge in [0.05, 0.1) is 48.5 Å². The van der Waals surface area contributed by atoms with E-state index in [0.717, 1.165) is 50.8 Å². The first-order valence-corrected chi connectivity index (χ1v) is 21.2. The highest BCUT2D eigenvalue weighted by molar-refractivity contribution is 7.13. The van der Waals surface area contributed by atoms with Crippen LogP contribution in [-0.2, 0) is 14.3 Å². The largest absolute Gasteiger partial charge is 0.481 e. The highest BCUT2D eigenvalue weighted by atomic mass is 32.1. The van der Waals surface area contributed by atoms with Crippen molar-refractivity contribution < 1.29 is 19.4 Å². The van der Waals surface area contributed by atoms with E-state index in [1.54, 1.807) is 11.3 Å². The van der Waals surface area contributed by atoms with E-state index in [9.17, 15) is 9.90 Å². The van der Waals surface area contributed by atoms with Gasteiger partial charge in [0.25, 0.3) is 0 Å². The van der Waals surface area contributed by atoms with Gasteiger partial charge >= 0.3 is 5.97 Å². The summed E-state index contributed by atoms with van der Waals surface area (Å²) in [5.41, 5.74) is 1.29. The van der Waals surface area contributed by atoms with E-state index in [2.05, 4.69) is 116 Å². The molecular weight excluding hydrogens is 667 g/mol. The predicted octanol–water partition coefficient (Wildman–Crippen LogP) is 9.76. The third-order valence-electron chi connectivity index (χ3n) is 17.2. The number of carboxylic acids is 1. The van der Waals surface area contributed by atoms with Gasteiger partial charge in [0.15, 0.2) is 0 Å². The number of fused-ring (bicyclic) bond motifs is 3. The Labute approximate surface area is 317 Å². The third kappa shape index (κ3) is 5.26. The van der Waals surface area contributed by atoms with Crippen molar-refractivity contribution in [1.82, 2.24) is 15.1 Å². The topological polar surface area (TPSA) is 85.6 Å². The predicted molar refractivity (Wildman–Crippen MR) is 210 cm³/mol. The fourth-order valence-electron chi connectivity index (χ4n) is 13.1. The molecule has 0 spiro atoms. The van der Waals surface area contributed by atoms with Gasteiger partial charge in [-0.1, -0.05) is 80.0 Å². The molecule has 1 saturated heterocycles. The molecule has 2 aromatic rings. The molecule has 1 aliphatic heterocycles. The van der Waals surface area contributed by atoms with Gasteiger partial charge in [-0.2, -0.15) is 5.10 Å². The number of ether oxygens (including phenoxy) is 2. The Balaban J connectivity index is 1.40. The Kier molecular flexibility index (Phi) is 9.61. The fraction of sp³-hybridized carbons (Fsp3) is 0.773. The van der Waals surface area contributed by atoms with Crippen LogP contribution in [0.1, 0.15) is 114 Å². The lowest BCUT2D eigenvalue weighted by Gasteiger charge is -2.71. The number of hydrogen-bond acceptors (Lipinski definition) is 6. The first-order chi connectivity index (χ1) is 24.4. The second kappa shape index (κ2) is 13.1. The van der Waals surface area contributed by atoms with Gasteiger partial charge in [-0.05, 0) is 121 Å². The summed E-state index contributed by atoms with van der Waals surface area (Å²) in [7, 11) is 2.06. The minimum atomic E-state index is -0.612. The lowest BCUT2D eigenvalue weighted by molar-refractivity contribution is -0.254. The number of aliphatic carboxylic acids is 1. The number of aromatic nitrogens is 2. The summed E-state index contributed by atoms with van der Waals surface area (Å²) in [6.45, 7) is 25.3. The molecule has 7 rings (SSSR count). The minimum Gasteiger partial charge on any atom is -0.481 e. The molecule has 7 nitrogen and oxygen atoms in total. The summed E-state index contributed by atoms with van der Waals surface area (Å²) in [5.74, 6) is 0.770. The van der Waals surface area contributed by atoms with E-state index in [1.165, 1.54) is 10.5 Å². The zero-order chi connectivity index (χ0) is 37.6. The maximum Gasteiger partial charge on any atom is 0.307 e. The molecule has 0 unspecified atom stereocenters. The SMILES string of the molecule is CN[C@@](C)(CO[C@H]1[C@H](n2nccc2-c2cccs2)C[C@]2(C)COC[C@@]13C1=CC[C@@]4(C)[C@H](C(=O)O)[C@@](C)([C@H](C)C(C)C)CC[C@]4(C)[C@H]1CC[C@H]23)C(C)C. The van der Waals surface area contributed by atoms with E-state index >= 15 is 0 Å². The number of thiophene rings is 1. The van der Waals surface area contributed by atoms with Crippen molar-refractivity contribution in [2.24, 2.45) is 62.6 Å². The molecule has 2 bridgehead atoms. The molecule has 4 aliphatic carbocycles. The van der Waals surface area contributed by atoms with Crippen LogP contribution >= 0.6 is 11.3 Å². The number of nitrogens with one attached hydrogen (secondary N) is 1. The molecule has 4 fully saturated rings. The normalized spacial score (nSPS) is 41.8. The molecule has 12 atom stereocenters. The van der Waals surface area contributed by atoms with Crippen LogP contribution in [0.25, 0.3) is 10.6 Å². The van der Waals surface area contributed by atoms with Gasteiger partial charge in [0, 0.05) is 17.2 Å². The zero-order valence-electron chi connectivity index (χ0n) is 33.9. The van der Waals surface area contributed by atoms with E-state index in [1.807, 2.05) is 6.20 Å². The number of likely N-dealkylation sites (N-methyl/N-ethyl adjacent to an activating group) is 1. The average Bonchev–Trinajstić information content (AvgIpc) is 3.80. The van der Waals surface area contributed by atoms with E-state index < -0.39 is 11.9 Å². The van der Waals surface area contributed by atoms with Crippen LogP contribution < -0.4 is 5.32 Å². The van der Waals surface area contributed by atoms with Crippen LogP contribution in [-0.4, -0.2) is 59.4 Å². The van der Waals surface area contributed by atoms with Crippen molar-refractivity contribution >= 4 is 17.3 Å². The van der Waals surface area contributed by atoms with Crippen molar-refractivity contribution in [3.63, 3.8) is 0 Å². The maximum absolute atomic E-state index is 13.6. The molecule has 2 N–H and O–H groups in total. The number of carbonyl (C=O) groups is 1. The molecule has 0 amide bonds. The summed E-state index contributed by atoms with van der Waals surface area (Å²) < 4.78 is 16.7. The minimum absolute atomic E-state index is 0.0274. The highest BCUT2D eigenvalue weighted by Gasteiger charge is 2.72. The molecule has 8 heteroatoms. The third-order valence-corrected chi connectivity index (χ3v) is 18.1. The maximum atomic E-state index is 13.6. The number of allylic oxidation sites excluding steroid dienone is 1. The average molecular weight is 734 g/mol. The van der Waals surface area contributed by atoms with Crippen LogP contribution in [0.15, 0.2) is 41.4 Å². The molecule has 52 heavy (non-hydrogen) atoms. The first kappa shape index (κ1) is 38.3. The molecule has 0 radical (unpaired) electrons. The highest BCUT2D eigenvalue weighted by Crippen LogP contribution is 2.75. The van der Waals surface area contributed by atoms with Crippen molar-refractivity contribution in [2.75, 3.05) is 26.9 Å². The van der Waals surface area contributed by atoms with E-state index in [0.29, 0.717) is 36.9 Å². The lowest BCUT2D eigenvalue weighted by Crippen LogP contribution is -2.70. The van der Waals surface area contributed by atoms with Gasteiger partial charge in [-0.15, -0.1) is 11.3 Å². The number of nitrogens with zero attached hydrogens (tertiary/aromatic N) is 2. The van der Waals surface area contributed by atoms with Crippen LogP contribution in [0, 0.1) is 62.6 Å². The summed E-state index contributed by atoms with van der Waals surface area (Å²) in [5, 5.41) is 22.1. The summed E-state index contributed by atoms with van der Waals surface area (Å²) in [6.07, 6.45) is 10.3. The van der Waals surface area contributed by atoms with Gasteiger partial charge < -0.3 is 19.9 Å². The second-order valence-electron chi connectivity index (χ2n) is 19.8. The fourth-order valence-corrected chi connectivity index (χ4v) is 13.8. The second-order valence-corrected chi connectivity index (χ2v) is 20.8. The standard InChI is InChI=1S/C44H67N3O4S/c1-27(2)29(5)40(7)19-20-41(8)30-14-15-35-39(6)23-33(47-32(17-21-46-47)34-13-12-22-52-34)37(51-25-43(10,45-11)28(3)4)44(35,26-50-24-39)31(30)16-18-42(41,9)36(40)38(48)49/h12-13,16-17,21-22,27-30,33,35-37,45H,14-15,18-20,23-26H2,1-11H3,(H,48,49)/t29-,30+,33-,35-,36-,37+,39-,40-,41-,42+,43+,44+/m1/s1. The van der Waals surface area contributed by atoms with Gasteiger partial charge in [0.2, 0.25) is 0 Å². The number of rotatable bonds is 10. The molecule has 2 aromatic heterocycles. The Morgan fingerprint density at radius 1 is 1.12 bits per heavy atom. The Morgan fingerprint density at radius 3 is 2.50 bits per heavy atom. The zero-order valence-corrected chi connectivity index (χ0v) is 34.7. The van der Waals surface area contributed by atoms with Gasteiger partial charge in [-0.3, -0.25) is 9.48 Å². The van der Waals surface area contributed by atoms with Crippen molar-refractivity contribution in [1.29, 1.82) is 0 Å². The lowest BCUT2D eigenvalue weighted by atomic mass is 9.34. The Bertz CT molecular complexity index is 1670. The van der Waals surface area contributed by atoms with Gasteiger partial charge in [-0.25, -0.2) is 0 Å². The molecule has 3 heterocycles. The number of carboxylic acid groups (broad SMARTS) is 1. The number of hydrogen-bond donors (Lipinski definition) is 2. The molecule has 5 aliphatic rings. The van der Waals surface area contributed by atoms with E-state index in [-0.39, 0.29) is 50.7 Å². The Hall–Kier alpha value is -2.00. The van der Waals surface area contributed by atoms with Gasteiger partial charge in [0.1, 0.15) is 0 Å². The van der Waals surface area contributed by atoms with Crippen LogP contribution in [0.3, 0.4) is 0 Å². The summed E-state index contributed by atoms with van der Waals surface area (Å²) >= 11 is 1.77. The summed E-state index contributed by atoms with van der Waals surface area (Å²) in [4.78, 5) is 14.9. The summed E-state index contributed by atoms with van der Waals surface area (Å²) in [6, 6.07) is 6.54. The van der Waals surface area contributed by atoms with Crippen LogP contribution in [0.2, 0.25) is 0 Å². The monoisotopic (exact) mass is 733 g/mol. The quantitative estimate of drug-likeness (QED) is 0.237. The molecule has 288 valence electrons. The smallest absolute Gasteiger partial charge is 0.307 e. The molecule has 3 saturated carbocycles.